The number of hydrogen-bond donors (Lipinski definition) is 0. The first-order valence-electron chi connectivity index (χ1n) is 9.90. The minimum absolute atomic E-state index is 0.0471. The molecular formula is C21H26N4O2. The highest BCUT2D eigenvalue weighted by atomic mass is 16.2. The van der Waals surface area contributed by atoms with E-state index in [-0.39, 0.29) is 11.8 Å². The minimum Gasteiger partial charge on any atom is -0.342 e. The standard InChI is InChI=1S/C21H26N4O2/c26-20(17-5-7-19(8-6-17)25-14-4-11-22-25)24-15-9-18(10-16-24)21(27)23-12-2-1-3-13-23/h4-8,11,14,18H,1-3,9-10,12-13,15-16H2. The Balaban J connectivity index is 1.33. The van der Waals surface area contributed by atoms with Crippen molar-refractivity contribution in [3.8, 4) is 5.69 Å². The molecule has 2 amide bonds. The Kier molecular flexibility index (Phi) is 5.23. The molecule has 0 aliphatic carbocycles. The van der Waals surface area contributed by atoms with Crippen molar-refractivity contribution >= 4 is 11.8 Å². The fourth-order valence-electron chi connectivity index (χ4n) is 4.06. The van der Waals surface area contributed by atoms with Gasteiger partial charge in [0, 0.05) is 50.1 Å². The van der Waals surface area contributed by atoms with Gasteiger partial charge in [0.15, 0.2) is 0 Å². The first kappa shape index (κ1) is 17.8. The van der Waals surface area contributed by atoms with Gasteiger partial charge in [-0.15, -0.1) is 0 Å². The third-order valence-corrected chi connectivity index (χ3v) is 5.68. The van der Waals surface area contributed by atoms with Gasteiger partial charge in [-0.25, -0.2) is 4.68 Å². The Morgan fingerprint density at radius 3 is 2.22 bits per heavy atom. The van der Waals surface area contributed by atoms with Crippen LogP contribution in [0.1, 0.15) is 42.5 Å². The fraction of sp³-hybridized carbons (Fsp3) is 0.476. The van der Waals surface area contributed by atoms with E-state index in [0.717, 1.165) is 44.5 Å². The van der Waals surface area contributed by atoms with E-state index >= 15 is 0 Å². The molecule has 27 heavy (non-hydrogen) atoms. The summed E-state index contributed by atoms with van der Waals surface area (Å²) >= 11 is 0. The molecule has 6 nitrogen and oxygen atoms in total. The van der Waals surface area contributed by atoms with Crippen molar-refractivity contribution in [2.24, 2.45) is 5.92 Å². The second-order valence-corrected chi connectivity index (χ2v) is 7.45. The SMILES string of the molecule is O=C(c1ccc(-n2cccn2)cc1)N1CCC(C(=O)N2CCCCC2)CC1. The van der Waals surface area contributed by atoms with Crippen molar-refractivity contribution < 1.29 is 9.59 Å². The number of carbonyl (C=O) groups excluding carboxylic acids is 2. The molecule has 0 bridgehead atoms. The summed E-state index contributed by atoms with van der Waals surface area (Å²) in [6.07, 6.45) is 8.62. The lowest BCUT2D eigenvalue weighted by atomic mass is 9.94. The summed E-state index contributed by atoms with van der Waals surface area (Å²) in [5.74, 6) is 0.422. The summed E-state index contributed by atoms with van der Waals surface area (Å²) in [5, 5.41) is 4.20. The van der Waals surface area contributed by atoms with Crippen molar-refractivity contribution in [2.75, 3.05) is 26.2 Å². The average molecular weight is 366 g/mol. The minimum atomic E-state index is 0.0471. The maximum absolute atomic E-state index is 12.8. The number of benzene rings is 1. The second kappa shape index (κ2) is 7.94. The third-order valence-electron chi connectivity index (χ3n) is 5.68. The molecule has 2 saturated heterocycles. The van der Waals surface area contributed by atoms with Crippen molar-refractivity contribution in [2.45, 2.75) is 32.1 Å². The summed E-state index contributed by atoms with van der Waals surface area (Å²) in [5.41, 5.74) is 1.62. The van der Waals surface area contributed by atoms with Crippen LogP contribution in [0.15, 0.2) is 42.7 Å². The predicted octanol–water partition coefficient (Wildman–Crippen LogP) is 2.74. The number of likely N-dealkylation sites (tertiary alicyclic amines) is 2. The van der Waals surface area contributed by atoms with Gasteiger partial charge in [0.25, 0.3) is 5.91 Å². The highest BCUT2D eigenvalue weighted by molar-refractivity contribution is 5.94. The van der Waals surface area contributed by atoms with Crippen LogP contribution in [0.25, 0.3) is 5.69 Å². The molecule has 0 saturated carbocycles. The van der Waals surface area contributed by atoms with Crippen molar-refractivity contribution in [1.29, 1.82) is 0 Å². The topological polar surface area (TPSA) is 58.4 Å². The van der Waals surface area contributed by atoms with Crippen LogP contribution in [-0.4, -0.2) is 57.6 Å². The van der Waals surface area contributed by atoms with Crippen molar-refractivity contribution in [3.63, 3.8) is 0 Å². The zero-order valence-corrected chi connectivity index (χ0v) is 15.6. The molecule has 1 aromatic carbocycles. The number of hydrogen-bond acceptors (Lipinski definition) is 3. The van der Waals surface area contributed by atoms with Gasteiger partial charge in [0.1, 0.15) is 0 Å². The van der Waals surface area contributed by atoms with Crippen LogP contribution in [-0.2, 0) is 4.79 Å². The van der Waals surface area contributed by atoms with Crippen LogP contribution in [0.4, 0.5) is 0 Å². The van der Waals surface area contributed by atoms with Crippen LogP contribution in [0, 0.1) is 5.92 Å². The van der Waals surface area contributed by atoms with E-state index in [0.29, 0.717) is 24.6 Å². The van der Waals surface area contributed by atoms with Gasteiger partial charge < -0.3 is 9.80 Å². The summed E-state index contributed by atoms with van der Waals surface area (Å²) in [4.78, 5) is 29.4. The first-order valence-corrected chi connectivity index (χ1v) is 9.90. The number of aromatic nitrogens is 2. The van der Waals surface area contributed by atoms with Gasteiger partial charge in [-0.3, -0.25) is 9.59 Å². The van der Waals surface area contributed by atoms with E-state index in [1.54, 1.807) is 10.9 Å². The number of piperidine rings is 2. The van der Waals surface area contributed by atoms with Gasteiger partial charge in [0.05, 0.1) is 5.69 Å². The van der Waals surface area contributed by atoms with Crippen LogP contribution in [0.5, 0.6) is 0 Å². The Morgan fingerprint density at radius 2 is 1.59 bits per heavy atom. The lowest BCUT2D eigenvalue weighted by molar-refractivity contribution is -0.137. The molecule has 2 aliphatic heterocycles. The number of nitrogens with zero attached hydrogens (tertiary/aromatic N) is 4. The molecule has 0 spiro atoms. The van der Waals surface area contributed by atoms with E-state index in [2.05, 4.69) is 5.10 Å². The highest BCUT2D eigenvalue weighted by Crippen LogP contribution is 2.23. The summed E-state index contributed by atoms with van der Waals surface area (Å²) in [6, 6.07) is 9.39. The lowest BCUT2D eigenvalue weighted by Crippen LogP contribution is -2.45. The van der Waals surface area contributed by atoms with Crippen LogP contribution in [0.3, 0.4) is 0 Å². The molecule has 0 radical (unpaired) electrons. The third kappa shape index (κ3) is 3.89. The Bertz CT molecular complexity index is 771. The molecule has 0 atom stereocenters. The molecule has 142 valence electrons. The predicted molar refractivity (Wildman–Crippen MR) is 103 cm³/mol. The Hall–Kier alpha value is -2.63. The van der Waals surface area contributed by atoms with Crippen LogP contribution in [0.2, 0.25) is 0 Å². The molecule has 0 unspecified atom stereocenters. The van der Waals surface area contributed by atoms with E-state index < -0.39 is 0 Å². The fourth-order valence-corrected chi connectivity index (χ4v) is 4.06. The average Bonchev–Trinajstić information content (AvgIpc) is 3.28. The lowest BCUT2D eigenvalue weighted by Gasteiger charge is -2.35. The van der Waals surface area contributed by atoms with Gasteiger partial charge in [-0.2, -0.15) is 5.10 Å². The summed E-state index contributed by atoms with van der Waals surface area (Å²) in [6.45, 7) is 3.12. The Morgan fingerprint density at radius 1 is 0.889 bits per heavy atom. The highest BCUT2D eigenvalue weighted by Gasteiger charge is 2.30. The normalized spacial score (nSPS) is 18.5. The van der Waals surface area contributed by atoms with Gasteiger partial charge >= 0.3 is 0 Å². The molecular weight excluding hydrogens is 340 g/mol. The zero-order chi connectivity index (χ0) is 18.6. The molecule has 3 heterocycles. The van der Waals surface area contributed by atoms with Crippen LogP contribution < -0.4 is 0 Å². The molecule has 0 N–H and O–H groups in total. The number of carbonyl (C=O) groups is 2. The summed E-state index contributed by atoms with van der Waals surface area (Å²) < 4.78 is 1.77. The molecule has 1 aromatic heterocycles. The van der Waals surface area contributed by atoms with Crippen LogP contribution >= 0.6 is 0 Å². The smallest absolute Gasteiger partial charge is 0.253 e. The van der Waals surface area contributed by atoms with E-state index in [1.807, 2.05) is 46.3 Å². The first-order chi connectivity index (χ1) is 13.2. The van der Waals surface area contributed by atoms with Gasteiger partial charge in [-0.05, 0) is 62.4 Å². The monoisotopic (exact) mass is 366 g/mol. The largest absolute Gasteiger partial charge is 0.342 e. The molecule has 6 heteroatoms. The van der Waals surface area contributed by atoms with Crippen molar-refractivity contribution in [1.82, 2.24) is 19.6 Å². The maximum atomic E-state index is 12.8. The van der Waals surface area contributed by atoms with E-state index in [9.17, 15) is 9.59 Å². The number of rotatable bonds is 3. The van der Waals surface area contributed by atoms with E-state index in [1.165, 1.54) is 6.42 Å². The van der Waals surface area contributed by atoms with Gasteiger partial charge in [0.2, 0.25) is 5.91 Å². The quantitative estimate of drug-likeness (QED) is 0.839. The van der Waals surface area contributed by atoms with Gasteiger partial charge in [-0.1, -0.05) is 0 Å². The maximum Gasteiger partial charge on any atom is 0.253 e. The molecule has 2 fully saturated rings. The molecule has 4 rings (SSSR count). The Labute approximate surface area is 159 Å². The summed E-state index contributed by atoms with van der Waals surface area (Å²) in [7, 11) is 0. The zero-order valence-electron chi connectivity index (χ0n) is 15.6. The van der Waals surface area contributed by atoms with E-state index in [4.69, 9.17) is 0 Å². The molecule has 2 aromatic rings. The molecule has 2 aliphatic rings. The second-order valence-electron chi connectivity index (χ2n) is 7.45. The number of amides is 2. The van der Waals surface area contributed by atoms with Crippen molar-refractivity contribution in [3.05, 3.63) is 48.3 Å².